The molecule has 0 unspecified atom stereocenters. The van der Waals surface area contributed by atoms with E-state index in [2.05, 4.69) is 237 Å². The second kappa shape index (κ2) is 18.1. The lowest BCUT2D eigenvalue weighted by Crippen LogP contribution is -2.01. The summed E-state index contributed by atoms with van der Waals surface area (Å²) in [7, 11) is 0. The first kappa shape index (κ1) is 40.0. The molecule has 0 N–H and O–H groups in total. The Kier molecular flexibility index (Phi) is 11.0. The SMILES string of the molecule is c1ccc(-c2cccc(-c3cc(-c4ccc(-c5cccc(-c6c(-c7ccccc7)c(-c7ccccc7)nc(-c7ccccc7)c6-c6ccccc6)c5)cc4)nc(-c4ccccc4)n3)c2)cc1. The highest BCUT2D eigenvalue weighted by atomic mass is 14.9. The molecule has 3 heteroatoms. The molecule has 0 amide bonds. The van der Waals surface area contributed by atoms with Crippen LogP contribution < -0.4 is 0 Å². The number of hydrogen-bond acceptors (Lipinski definition) is 3. The van der Waals surface area contributed by atoms with Gasteiger partial charge in [0.25, 0.3) is 0 Å². The smallest absolute Gasteiger partial charge is 0.160 e. The lowest BCUT2D eigenvalue weighted by atomic mass is 9.82. The normalized spacial score (nSPS) is 11.0. The van der Waals surface area contributed by atoms with Crippen molar-refractivity contribution in [1.82, 2.24) is 15.0 Å². The molecule has 0 fully saturated rings. The minimum absolute atomic E-state index is 0.690. The van der Waals surface area contributed by atoms with Crippen LogP contribution in [0, 0.1) is 0 Å². The molecule has 11 rings (SSSR count). The Morgan fingerprint density at radius 2 is 0.515 bits per heavy atom. The molecule has 2 heterocycles. The maximum absolute atomic E-state index is 5.63. The molecule has 310 valence electrons. The summed E-state index contributed by atoms with van der Waals surface area (Å²) < 4.78 is 0. The minimum atomic E-state index is 0.690. The molecule has 0 spiro atoms. The van der Waals surface area contributed by atoms with Gasteiger partial charge in [-0.2, -0.15) is 0 Å². The number of hydrogen-bond donors (Lipinski definition) is 0. The van der Waals surface area contributed by atoms with Crippen molar-refractivity contribution in [3.05, 3.63) is 261 Å². The number of aromatic nitrogens is 3. The van der Waals surface area contributed by atoms with Crippen molar-refractivity contribution in [2.45, 2.75) is 0 Å². The number of pyridine rings is 1. The molecule has 66 heavy (non-hydrogen) atoms. The Morgan fingerprint density at radius 1 is 0.182 bits per heavy atom. The van der Waals surface area contributed by atoms with E-state index in [-0.39, 0.29) is 0 Å². The van der Waals surface area contributed by atoms with E-state index in [1.807, 2.05) is 24.3 Å². The van der Waals surface area contributed by atoms with Crippen molar-refractivity contribution in [2.75, 3.05) is 0 Å². The summed E-state index contributed by atoms with van der Waals surface area (Å²) in [6.45, 7) is 0. The molecular formula is C63H43N3. The fourth-order valence-corrected chi connectivity index (χ4v) is 8.89. The van der Waals surface area contributed by atoms with Gasteiger partial charge in [0.1, 0.15) is 0 Å². The molecule has 2 aromatic heterocycles. The number of nitrogens with zero attached hydrogens (tertiary/aromatic N) is 3. The number of rotatable bonds is 10. The van der Waals surface area contributed by atoms with E-state index in [1.165, 1.54) is 5.56 Å². The Balaban J connectivity index is 1.06. The summed E-state index contributed by atoms with van der Waals surface area (Å²) in [6.07, 6.45) is 0. The average Bonchev–Trinajstić information content (AvgIpc) is 3.41. The summed E-state index contributed by atoms with van der Waals surface area (Å²) in [5, 5.41) is 0. The fourth-order valence-electron chi connectivity index (χ4n) is 8.89. The fraction of sp³-hybridized carbons (Fsp3) is 0. The van der Waals surface area contributed by atoms with Gasteiger partial charge in [0, 0.05) is 44.5 Å². The zero-order chi connectivity index (χ0) is 44.1. The molecule has 3 nitrogen and oxygen atoms in total. The van der Waals surface area contributed by atoms with E-state index in [1.54, 1.807) is 0 Å². The van der Waals surface area contributed by atoms with Crippen LogP contribution in [-0.2, 0) is 0 Å². The van der Waals surface area contributed by atoms with E-state index in [0.29, 0.717) is 5.82 Å². The third-order valence-corrected chi connectivity index (χ3v) is 12.1. The molecule has 0 radical (unpaired) electrons. The lowest BCUT2D eigenvalue weighted by molar-refractivity contribution is 1.18. The molecule has 9 aromatic carbocycles. The van der Waals surface area contributed by atoms with E-state index in [0.717, 1.165) is 101 Å². The van der Waals surface area contributed by atoms with Crippen LogP contribution in [0.5, 0.6) is 0 Å². The Labute approximate surface area is 386 Å². The molecule has 11 aromatic rings. The van der Waals surface area contributed by atoms with Gasteiger partial charge < -0.3 is 0 Å². The van der Waals surface area contributed by atoms with Crippen molar-refractivity contribution in [3.63, 3.8) is 0 Å². The van der Waals surface area contributed by atoms with Gasteiger partial charge in [-0.3, -0.25) is 0 Å². The van der Waals surface area contributed by atoms with Gasteiger partial charge in [-0.25, -0.2) is 15.0 Å². The van der Waals surface area contributed by atoms with Crippen LogP contribution in [0.1, 0.15) is 0 Å². The minimum Gasteiger partial charge on any atom is -0.246 e. The van der Waals surface area contributed by atoms with E-state index < -0.39 is 0 Å². The van der Waals surface area contributed by atoms with Gasteiger partial charge in [-0.15, -0.1) is 0 Å². The Morgan fingerprint density at radius 3 is 1.00 bits per heavy atom. The highest BCUT2D eigenvalue weighted by Crippen LogP contribution is 2.49. The van der Waals surface area contributed by atoms with Crippen LogP contribution in [0.4, 0.5) is 0 Å². The van der Waals surface area contributed by atoms with Gasteiger partial charge in [-0.1, -0.05) is 243 Å². The van der Waals surface area contributed by atoms with E-state index in [4.69, 9.17) is 15.0 Å². The molecular weight excluding hydrogens is 799 g/mol. The molecule has 0 aliphatic carbocycles. The van der Waals surface area contributed by atoms with Crippen LogP contribution in [-0.4, -0.2) is 15.0 Å². The van der Waals surface area contributed by atoms with Crippen molar-refractivity contribution in [1.29, 1.82) is 0 Å². The Bertz CT molecular complexity index is 3310. The summed E-state index contributed by atoms with van der Waals surface area (Å²) in [4.78, 5) is 15.9. The molecule has 0 aliphatic heterocycles. The van der Waals surface area contributed by atoms with E-state index in [9.17, 15) is 0 Å². The molecule has 0 saturated heterocycles. The van der Waals surface area contributed by atoms with Crippen molar-refractivity contribution < 1.29 is 0 Å². The molecule has 0 atom stereocenters. The second-order valence-electron chi connectivity index (χ2n) is 16.3. The summed E-state index contributed by atoms with van der Waals surface area (Å²) in [6, 6.07) is 91.8. The molecule has 0 aliphatic rings. The maximum atomic E-state index is 5.63. The van der Waals surface area contributed by atoms with Gasteiger partial charge in [0.2, 0.25) is 0 Å². The van der Waals surface area contributed by atoms with Crippen LogP contribution in [0.25, 0.3) is 112 Å². The molecule has 0 saturated carbocycles. The first-order valence-electron chi connectivity index (χ1n) is 22.3. The van der Waals surface area contributed by atoms with Crippen LogP contribution in [0.15, 0.2) is 261 Å². The van der Waals surface area contributed by atoms with Gasteiger partial charge >= 0.3 is 0 Å². The van der Waals surface area contributed by atoms with Crippen molar-refractivity contribution >= 4 is 0 Å². The lowest BCUT2D eigenvalue weighted by Gasteiger charge is -2.23. The number of benzene rings is 9. The van der Waals surface area contributed by atoms with Crippen molar-refractivity contribution in [3.8, 4) is 112 Å². The summed E-state index contributed by atoms with van der Waals surface area (Å²) in [5.74, 6) is 0.690. The largest absolute Gasteiger partial charge is 0.246 e. The first-order valence-corrected chi connectivity index (χ1v) is 22.3. The first-order chi connectivity index (χ1) is 32.7. The zero-order valence-corrected chi connectivity index (χ0v) is 36.2. The standard InChI is InChI=1S/C63H43N3/c1-7-21-44(22-8-1)52-33-19-35-54(41-52)57-43-56(64-63(65-57)51-31-17-6-18-32-51)46-39-37-45(38-40-46)53-34-20-36-55(42-53)58-59(47-23-9-2-10-24-47)61(49-27-13-4-14-28-49)66-62(50-29-15-5-16-30-50)60(58)48-25-11-3-12-26-48/h1-43H. The summed E-state index contributed by atoms with van der Waals surface area (Å²) >= 11 is 0. The van der Waals surface area contributed by atoms with Gasteiger partial charge in [0.05, 0.1) is 22.8 Å². The third-order valence-electron chi connectivity index (χ3n) is 12.1. The quantitative estimate of drug-likeness (QED) is 0.138. The predicted molar refractivity (Wildman–Crippen MR) is 274 cm³/mol. The van der Waals surface area contributed by atoms with Crippen LogP contribution in [0.3, 0.4) is 0 Å². The average molecular weight is 842 g/mol. The van der Waals surface area contributed by atoms with E-state index >= 15 is 0 Å². The zero-order valence-electron chi connectivity index (χ0n) is 36.2. The Hall–Kier alpha value is -8.79. The van der Waals surface area contributed by atoms with Crippen LogP contribution in [0.2, 0.25) is 0 Å². The second-order valence-corrected chi connectivity index (χ2v) is 16.3. The van der Waals surface area contributed by atoms with Crippen molar-refractivity contribution in [2.24, 2.45) is 0 Å². The predicted octanol–water partition coefficient (Wildman–Crippen LogP) is 16.5. The third kappa shape index (κ3) is 8.14. The van der Waals surface area contributed by atoms with Crippen LogP contribution >= 0.6 is 0 Å². The van der Waals surface area contributed by atoms with Gasteiger partial charge in [0.15, 0.2) is 5.82 Å². The monoisotopic (exact) mass is 841 g/mol. The van der Waals surface area contributed by atoms with Gasteiger partial charge in [-0.05, 0) is 57.1 Å². The topological polar surface area (TPSA) is 38.7 Å². The maximum Gasteiger partial charge on any atom is 0.160 e. The summed E-state index contributed by atoms with van der Waals surface area (Å²) in [5.41, 5.74) is 20.0. The highest BCUT2D eigenvalue weighted by Gasteiger charge is 2.25. The highest BCUT2D eigenvalue weighted by molar-refractivity contribution is 6.05. The molecule has 0 bridgehead atoms.